The highest BCUT2D eigenvalue weighted by Gasteiger charge is 2.26. The molecule has 1 aliphatic rings. The lowest BCUT2D eigenvalue weighted by Gasteiger charge is -2.06. The molecule has 1 saturated carbocycles. The van der Waals surface area contributed by atoms with E-state index in [4.69, 9.17) is 10.5 Å². The second kappa shape index (κ2) is 5.50. The molecular formula is C13H22N4O2. The maximum atomic E-state index is 11.8. The minimum Gasteiger partial charge on any atom is -0.465 e. The van der Waals surface area contributed by atoms with Gasteiger partial charge in [-0.25, -0.2) is 9.48 Å². The number of hydrogen-bond acceptors (Lipinski definition) is 5. The van der Waals surface area contributed by atoms with E-state index in [1.54, 1.807) is 4.68 Å². The summed E-state index contributed by atoms with van der Waals surface area (Å²) in [7, 11) is 1.35. The second-order valence-corrected chi connectivity index (χ2v) is 5.50. The zero-order chi connectivity index (χ0) is 14.0. The topological polar surface area (TPSA) is 82.2 Å². The van der Waals surface area contributed by atoms with Gasteiger partial charge in [-0.05, 0) is 24.7 Å². The number of hydrogen-bond donors (Lipinski definition) is 2. The smallest absolute Gasteiger partial charge is 0.345 e. The van der Waals surface area contributed by atoms with Crippen molar-refractivity contribution in [1.82, 2.24) is 9.78 Å². The number of ether oxygens (including phenoxy) is 1. The van der Waals surface area contributed by atoms with E-state index in [-0.39, 0.29) is 0 Å². The van der Waals surface area contributed by atoms with Crippen LogP contribution in [-0.4, -0.2) is 29.4 Å². The van der Waals surface area contributed by atoms with E-state index in [1.165, 1.54) is 20.0 Å². The van der Waals surface area contributed by atoms with E-state index >= 15 is 0 Å². The molecule has 0 unspecified atom stereocenters. The number of nitrogens with two attached hydrogens (primary N) is 1. The molecular weight excluding hydrogens is 244 g/mol. The zero-order valence-corrected chi connectivity index (χ0v) is 11.8. The minimum atomic E-state index is -0.439. The normalized spacial score (nSPS) is 14.7. The van der Waals surface area contributed by atoms with Crippen LogP contribution >= 0.6 is 0 Å². The summed E-state index contributed by atoms with van der Waals surface area (Å²) in [5.41, 5.74) is 6.36. The molecule has 106 valence electrons. The molecule has 3 N–H and O–H groups in total. The Kier molecular flexibility index (Phi) is 3.97. The molecule has 1 aromatic rings. The quantitative estimate of drug-likeness (QED) is 0.766. The Bertz CT molecular complexity index is 463. The lowest BCUT2D eigenvalue weighted by atomic mass is 10.2. The molecule has 6 heteroatoms. The number of nitrogens with one attached hydrogen (secondary N) is 1. The van der Waals surface area contributed by atoms with Crippen molar-refractivity contribution in [3.63, 3.8) is 0 Å². The van der Waals surface area contributed by atoms with Gasteiger partial charge < -0.3 is 15.8 Å². The van der Waals surface area contributed by atoms with E-state index in [0.717, 1.165) is 6.54 Å². The van der Waals surface area contributed by atoms with Gasteiger partial charge in [-0.1, -0.05) is 13.8 Å². The van der Waals surface area contributed by atoms with Crippen LogP contribution in [0.25, 0.3) is 0 Å². The van der Waals surface area contributed by atoms with E-state index in [2.05, 4.69) is 24.3 Å². The van der Waals surface area contributed by atoms with Gasteiger partial charge in [-0.15, -0.1) is 0 Å². The van der Waals surface area contributed by atoms with Crippen LogP contribution in [0.2, 0.25) is 0 Å². The third-order valence-corrected chi connectivity index (χ3v) is 3.17. The first-order valence-electron chi connectivity index (χ1n) is 6.71. The Morgan fingerprint density at radius 1 is 1.58 bits per heavy atom. The number of anilines is 2. The largest absolute Gasteiger partial charge is 0.465 e. The Hall–Kier alpha value is -1.72. The molecule has 1 aromatic heterocycles. The van der Waals surface area contributed by atoms with Gasteiger partial charge in [-0.2, -0.15) is 5.10 Å². The second-order valence-electron chi connectivity index (χ2n) is 5.50. The van der Waals surface area contributed by atoms with Crippen LogP contribution in [0.1, 0.15) is 37.0 Å². The predicted molar refractivity (Wildman–Crippen MR) is 74.0 cm³/mol. The van der Waals surface area contributed by atoms with Crippen molar-refractivity contribution in [3.8, 4) is 0 Å². The molecule has 0 bridgehead atoms. The number of nitrogen functional groups attached to an aromatic ring is 1. The highest BCUT2D eigenvalue weighted by Crippen LogP contribution is 2.30. The molecule has 19 heavy (non-hydrogen) atoms. The number of carbonyl (C=O) groups is 1. The summed E-state index contributed by atoms with van der Waals surface area (Å²) in [4.78, 5) is 11.8. The number of methoxy groups -OCH3 is 1. The monoisotopic (exact) mass is 266 g/mol. The average Bonchev–Trinajstić information content (AvgIpc) is 3.13. The van der Waals surface area contributed by atoms with Crippen LogP contribution in [0.3, 0.4) is 0 Å². The molecule has 1 heterocycles. The van der Waals surface area contributed by atoms with Crippen LogP contribution in [0.5, 0.6) is 0 Å². The van der Waals surface area contributed by atoms with Crippen molar-refractivity contribution in [3.05, 3.63) is 5.56 Å². The molecule has 0 saturated heterocycles. The first-order valence-corrected chi connectivity index (χ1v) is 6.71. The van der Waals surface area contributed by atoms with E-state index < -0.39 is 5.97 Å². The lowest BCUT2D eigenvalue weighted by Crippen LogP contribution is -2.11. The van der Waals surface area contributed by atoms with E-state index in [9.17, 15) is 4.79 Å². The molecule has 1 aliphatic carbocycles. The standard InChI is InChI=1S/C13H22N4O2/c1-8(2)7-17-11(14)10(13(18)19-3)12(16-17)15-6-9-4-5-9/h8-9H,4-7,14H2,1-3H3,(H,15,16). The SMILES string of the molecule is COC(=O)c1c(NCC2CC2)nn(CC(C)C)c1N. The van der Waals surface area contributed by atoms with Crippen LogP contribution in [0.4, 0.5) is 11.6 Å². The van der Waals surface area contributed by atoms with E-state index in [0.29, 0.717) is 35.6 Å². The van der Waals surface area contributed by atoms with E-state index in [1.807, 2.05) is 0 Å². The van der Waals surface area contributed by atoms with Gasteiger partial charge in [0.25, 0.3) is 0 Å². The summed E-state index contributed by atoms with van der Waals surface area (Å²) >= 11 is 0. The fraction of sp³-hybridized carbons (Fsp3) is 0.692. The molecule has 0 aliphatic heterocycles. The lowest BCUT2D eigenvalue weighted by molar-refractivity contribution is 0.0603. The summed E-state index contributed by atoms with van der Waals surface area (Å²) < 4.78 is 6.46. The third-order valence-electron chi connectivity index (χ3n) is 3.17. The first kappa shape index (κ1) is 13.7. The predicted octanol–water partition coefficient (Wildman–Crippen LogP) is 1.73. The maximum absolute atomic E-state index is 11.8. The Morgan fingerprint density at radius 2 is 2.26 bits per heavy atom. The molecule has 0 radical (unpaired) electrons. The molecule has 0 aromatic carbocycles. The van der Waals surface area contributed by atoms with Crippen molar-refractivity contribution in [2.24, 2.45) is 11.8 Å². The van der Waals surface area contributed by atoms with Crippen LogP contribution in [0, 0.1) is 11.8 Å². The van der Waals surface area contributed by atoms with Crippen LogP contribution < -0.4 is 11.1 Å². The summed E-state index contributed by atoms with van der Waals surface area (Å²) in [6.07, 6.45) is 2.48. The van der Waals surface area contributed by atoms with Crippen molar-refractivity contribution in [1.29, 1.82) is 0 Å². The third kappa shape index (κ3) is 3.19. The molecule has 2 rings (SSSR count). The summed E-state index contributed by atoms with van der Waals surface area (Å²) in [6, 6.07) is 0. The Morgan fingerprint density at radius 3 is 2.79 bits per heavy atom. The van der Waals surface area contributed by atoms with Gasteiger partial charge >= 0.3 is 5.97 Å². The zero-order valence-electron chi connectivity index (χ0n) is 11.8. The molecule has 6 nitrogen and oxygen atoms in total. The number of aromatic nitrogens is 2. The molecule has 0 spiro atoms. The van der Waals surface area contributed by atoms with Crippen LogP contribution in [-0.2, 0) is 11.3 Å². The van der Waals surface area contributed by atoms with Crippen molar-refractivity contribution < 1.29 is 9.53 Å². The number of esters is 1. The van der Waals surface area contributed by atoms with Gasteiger partial charge in [0.05, 0.1) is 7.11 Å². The van der Waals surface area contributed by atoms with Crippen LogP contribution in [0.15, 0.2) is 0 Å². The first-order chi connectivity index (χ1) is 9.02. The maximum Gasteiger partial charge on any atom is 0.345 e. The fourth-order valence-corrected chi connectivity index (χ4v) is 1.95. The van der Waals surface area contributed by atoms with Crippen molar-refractivity contribution in [2.75, 3.05) is 24.7 Å². The highest BCUT2D eigenvalue weighted by molar-refractivity contribution is 5.99. The number of carbonyl (C=O) groups excluding carboxylic acids is 1. The highest BCUT2D eigenvalue weighted by atomic mass is 16.5. The summed E-state index contributed by atoms with van der Waals surface area (Å²) in [5.74, 6) is 1.58. The Balaban J connectivity index is 2.23. The molecule has 0 amide bonds. The average molecular weight is 266 g/mol. The van der Waals surface area contributed by atoms with Gasteiger partial charge in [0, 0.05) is 13.1 Å². The summed E-state index contributed by atoms with van der Waals surface area (Å²) in [5, 5.41) is 7.61. The van der Waals surface area contributed by atoms with Crippen molar-refractivity contribution in [2.45, 2.75) is 33.2 Å². The van der Waals surface area contributed by atoms with Gasteiger partial charge in [0.2, 0.25) is 0 Å². The van der Waals surface area contributed by atoms with Gasteiger partial charge in [0.15, 0.2) is 5.82 Å². The fourth-order valence-electron chi connectivity index (χ4n) is 1.95. The van der Waals surface area contributed by atoms with Gasteiger partial charge in [0.1, 0.15) is 11.4 Å². The summed E-state index contributed by atoms with van der Waals surface area (Å²) in [6.45, 7) is 5.68. The van der Waals surface area contributed by atoms with Crippen molar-refractivity contribution >= 4 is 17.6 Å². The molecule has 0 atom stereocenters. The number of rotatable bonds is 6. The number of nitrogens with zero attached hydrogens (tertiary/aromatic N) is 2. The Labute approximate surface area is 113 Å². The van der Waals surface area contributed by atoms with Gasteiger partial charge in [-0.3, -0.25) is 0 Å². The molecule has 1 fully saturated rings. The minimum absolute atomic E-state index is 0.351.